The van der Waals surface area contributed by atoms with Crippen molar-refractivity contribution in [1.29, 1.82) is 0 Å². The second-order valence-electron chi connectivity index (χ2n) is 10.5. The topological polar surface area (TPSA) is 97.8 Å². The molecule has 0 spiro atoms. The summed E-state index contributed by atoms with van der Waals surface area (Å²) in [4.78, 5) is 13.5. The van der Waals surface area contributed by atoms with Gasteiger partial charge in [-0.05, 0) is 93.6 Å². The normalized spacial score (nSPS) is 13.7. The molecule has 0 amide bonds. The monoisotopic (exact) mass is 609 g/mol. The number of nitrogens with zero attached hydrogens (tertiary/aromatic N) is 3. The van der Waals surface area contributed by atoms with Gasteiger partial charge in [-0.2, -0.15) is 13.2 Å². The van der Waals surface area contributed by atoms with Gasteiger partial charge in [0.1, 0.15) is 17.2 Å². The van der Waals surface area contributed by atoms with Crippen LogP contribution in [0.15, 0.2) is 51.4 Å². The van der Waals surface area contributed by atoms with Crippen LogP contribution in [0.4, 0.5) is 13.2 Å². The molecule has 1 atom stereocenters. The second kappa shape index (κ2) is 13.4. The molecular weight excluding hydrogens is 575 g/mol. The number of aromatic hydroxyl groups is 3. The van der Waals surface area contributed by atoms with E-state index in [0.717, 1.165) is 23.3 Å². The molecule has 217 valence electrons. The standard InChI is InChI=1S/C31H34F3N3O3.Fe/c1-18-7-20(3)27(38)23(9-18)13-35-16-30(6,37-15-24-10-19(2)8-21(4)28(24)39)17-36-14-25-12-26(31(32,33)34)11-22(5)29(25)40;/h7-15,38-40H,16-17H2,1-6H3;/q;+3/t30-;/m0./s1. The zero-order valence-electron chi connectivity index (χ0n) is 23.8. The third-order valence-corrected chi connectivity index (χ3v) is 6.45. The van der Waals surface area contributed by atoms with Gasteiger partial charge in [0.2, 0.25) is 0 Å². The smallest absolute Gasteiger partial charge is 0.507 e. The van der Waals surface area contributed by atoms with Crippen LogP contribution in [0, 0.1) is 34.6 Å². The van der Waals surface area contributed by atoms with Gasteiger partial charge < -0.3 is 15.3 Å². The molecule has 1 radical (unpaired) electrons. The molecule has 0 aliphatic rings. The van der Waals surface area contributed by atoms with E-state index < -0.39 is 17.3 Å². The van der Waals surface area contributed by atoms with Gasteiger partial charge in [-0.15, -0.1) is 0 Å². The summed E-state index contributed by atoms with van der Waals surface area (Å²) in [6.07, 6.45) is -0.301. The van der Waals surface area contributed by atoms with E-state index in [-0.39, 0.29) is 58.5 Å². The molecule has 0 aliphatic carbocycles. The first-order chi connectivity index (χ1) is 18.6. The van der Waals surface area contributed by atoms with E-state index in [1.165, 1.54) is 19.4 Å². The van der Waals surface area contributed by atoms with Gasteiger partial charge in [-0.25, -0.2) is 0 Å². The summed E-state index contributed by atoms with van der Waals surface area (Å²) in [6, 6.07) is 9.03. The fourth-order valence-electron chi connectivity index (χ4n) is 4.29. The third-order valence-electron chi connectivity index (χ3n) is 6.45. The van der Waals surface area contributed by atoms with Crippen LogP contribution in [0.1, 0.15) is 57.0 Å². The van der Waals surface area contributed by atoms with Crippen molar-refractivity contribution in [2.45, 2.75) is 53.3 Å². The number of phenolic OH excluding ortho intramolecular Hbond substituents is 3. The zero-order chi connectivity index (χ0) is 29.8. The van der Waals surface area contributed by atoms with E-state index in [1.54, 1.807) is 39.1 Å². The molecular formula is C31H34F3FeN3O3+3. The number of hydrogen-bond donors (Lipinski definition) is 3. The third kappa shape index (κ3) is 8.68. The van der Waals surface area contributed by atoms with Crippen molar-refractivity contribution in [1.82, 2.24) is 0 Å². The number of hydrogen-bond acceptors (Lipinski definition) is 6. The predicted molar refractivity (Wildman–Crippen MR) is 154 cm³/mol. The maximum absolute atomic E-state index is 13.3. The van der Waals surface area contributed by atoms with E-state index in [1.807, 2.05) is 26.0 Å². The minimum Gasteiger partial charge on any atom is -0.507 e. The Balaban J connectivity index is 0.00000588. The van der Waals surface area contributed by atoms with Crippen molar-refractivity contribution in [3.8, 4) is 17.2 Å². The number of halogens is 3. The number of rotatable bonds is 8. The van der Waals surface area contributed by atoms with Crippen molar-refractivity contribution in [2.75, 3.05) is 13.1 Å². The summed E-state index contributed by atoms with van der Waals surface area (Å²) >= 11 is 0. The molecule has 3 rings (SSSR count). The molecule has 0 saturated carbocycles. The van der Waals surface area contributed by atoms with Gasteiger partial charge in [0.05, 0.1) is 24.2 Å². The Bertz CT molecular complexity index is 1500. The molecule has 0 bridgehead atoms. The first-order valence-electron chi connectivity index (χ1n) is 12.7. The van der Waals surface area contributed by atoms with Crippen LogP contribution in [0.25, 0.3) is 0 Å². The first-order valence-corrected chi connectivity index (χ1v) is 12.7. The van der Waals surface area contributed by atoms with Crippen molar-refractivity contribution < 1.29 is 45.6 Å². The van der Waals surface area contributed by atoms with Crippen LogP contribution in [0.2, 0.25) is 0 Å². The Morgan fingerprint density at radius 2 is 1.02 bits per heavy atom. The van der Waals surface area contributed by atoms with Crippen LogP contribution in [-0.4, -0.2) is 52.6 Å². The number of aryl methyl sites for hydroxylation is 5. The van der Waals surface area contributed by atoms with Crippen LogP contribution < -0.4 is 0 Å². The van der Waals surface area contributed by atoms with Crippen LogP contribution in [0.5, 0.6) is 17.2 Å². The second-order valence-corrected chi connectivity index (χ2v) is 10.5. The van der Waals surface area contributed by atoms with Crippen LogP contribution >= 0.6 is 0 Å². The predicted octanol–water partition coefficient (Wildman–Crippen LogP) is 6.78. The SMILES string of the molecule is Cc1cc(C)c(O)c(C=NC[C@@](C)(CN=Cc2cc(C(F)(F)F)cc(C)c2O)N=Cc2cc(C)cc(C)c2O)c1.[Fe+3]. The summed E-state index contributed by atoms with van der Waals surface area (Å²) in [5.41, 5.74) is 2.53. The van der Waals surface area contributed by atoms with Crippen molar-refractivity contribution >= 4 is 18.6 Å². The number of benzene rings is 3. The Labute approximate surface area is 248 Å². The fourth-order valence-corrected chi connectivity index (χ4v) is 4.29. The van der Waals surface area contributed by atoms with Crippen molar-refractivity contribution in [3.05, 3.63) is 86.5 Å². The maximum Gasteiger partial charge on any atom is 3.00 e. The summed E-state index contributed by atoms with van der Waals surface area (Å²) in [7, 11) is 0. The molecule has 3 aromatic rings. The molecule has 3 aromatic carbocycles. The van der Waals surface area contributed by atoms with Crippen LogP contribution in [-0.2, 0) is 23.2 Å². The number of aliphatic imine (C=N–C) groups is 3. The van der Waals surface area contributed by atoms with Gasteiger partial charge >= 0.3 is 23.2 Å². The minimum atomic E-state index is -4.57. The molecule has 0 heterocycles. The Kier molecular flexibility index (Phi) is 10.9. The Hall–Kier alpha value is -3.62. The Morgan fingerprint density at radius 1 is 0.634 bits per heavy atom. The zero-order valence-corrected chi connectivity index (χ0v) is 24.9. The number of phenols is 3. The molecule has 0 aromatic heterocycles. The molecule has 0 unspecified atom stereocenters. The maximum atomic E-state index is 13.3. The van der Waals surface area contributed by atoms with Gasteiger partial charge in [-0.3, -0.25) is 15.0 Å². The average molecular weight is 609 g/mol. The molecule has 10 heteroatoms. The van der Waals surface area contributed by atoms with Crippen LogP contribution in [0.3, 0.4) is 0 Å². The minimum absolute atomic E-state index is 0. The first kappa shape index (κ1) is 33.6. The fraction of sp³-hybridized carbons (Fsp3) is 0.323. The average Bonchev–Trinajstić information content (AvgIpc) is 2.85. The molecule has 0 fully saturated rings. The summed E-state index contributed by atoms with van der Waals surface area (Å²) in [6.45, 7) is 10.7. The number of alkyl halides is 3. The van der Waals surface area contributed by atoms with E-state index >= 15 is 0 Å². The van der Waals surface area contributed by atoms with E-state index in [9.17, 15) is 28.5 Å². The molecule has 3 N–H and O–H groups in total. The molecule has 0 aliphatic heterocycles. The van der Waals surface area contributed by atoms with E-state index in [2.05, 4.69) is 15.0 Å². The van der Waals surface area contributed by atoms with Crippen molar-refractivity contribution in [2.24, 2.45) is 15.0 Å². The summed E-state index contributed by atoms with van der Waals surface area (Å²) in [5, 5.41) is 31.2. The largest absolute Gasteiger partial charge is 3.00 e. The quantitative estimate of drug-likeness (QED) is 0.194. The van der Waals surface area contributed by atoms with Crippen molar-refractivity contribution in [3.63, 3.8) is 0 Å². The van der Waals surface area contributed by atoms with Gasteiger partial charge in [-0.1, -0.05) is 12.1 Å². The van der Waals surface area contributed by atoms with Gasteiger partial charge in [0, 0.05) is 35.3 Å². The van der Waals surface area contributed by atoms with E-state index in [0.29, 0.717) is 22.3 Å². The summed E-state index contributed by atoms with van der Waals surface area (Å²) < 4.78 is 39.9. The molecule has 41 heavy (non-hydrogen) atoms. The van der Waals surface area contributed by atoms with Gasteiger partial charge in [0.15, 0.2) is 0 Å². The van der Waals surface area contributed by atoms with E-state index in [4.69, 9.17) is 0 Å². The Morgan fingerprint density at radius 3 is 1.46 bits per heavy atom. The molecule has 0 saturated heterocycles. The molecule has 6 nitrogen and oxygen atoms in total. The summed E-state index contributed by atoms with van der Waals surface area (Å²) in [5.74, 6) is -0.0771. The van der Waals surface area contributed by atoms with Gasteiger partial charge in [0.25, 0.3) is 0 Å².